The van der Waals surface area contributed by atoms with E-state index >= 15 is 0 Å². The van der Waals surface area contributed by atoms with Crippen LogP contribution in [0.2, 0.25) is 0 Å². The first kappa shape index (κ1) is 12.8. The van der Waals surface area contributed by atoms with Gasteiger partial charge in [-0.15, -0.1) is 0 Å². The van der Waals surface area contributed by atoms with Gasteiger partial charge in [-0.1, -0.05) is 24.6 Å². The van der Waals surface area contributed by atoms with E-state index in [0.29, 0.717) is 5.41 Å². The van der Waals surface area contributed by atoms with Gasteiger partial charge < -0.3 is 10.2 Å². The van der Waals surface area contributed by atoms with E-state index in [-0.39, 0.29) is 0 Å². The SMILES string of the molecule is C1CCN(CCNC2=NCC3(CCCC3)CS2)C1. The molecule has 18 heavy (non-hydrogen) atoms. The standard InChI is InChI=1S/C14H25N3S/c1-2-6-14(5-1)11-16-13(18-12-14)15-7-10-17-8-3-4-9-17/h1-12H2,(H,15,16). The zero-order valence-electron chi connectivity index (χ0n) is 11.3. The number of hydrogen-bond donors (Lipinski definition) is 1. The van der Waals surface area contributed by atoms with Gasteiger partial charge in [-0.3, -0.25) is 4.99 Å². The van der Waals surface area contributed by atoms with Crippen LogP contribution in [0.25, 0.3) is 0 Å². The van der Waals surface area contributed by atoms with E-state index in [2.05, 4.69) is 10.2 Å². The summed E-state index contributed by atoms with van der Waals surface area (Å²) < 4.78 is 0. The summed E-state index contributed by atoms with van der Waals surface area (Å²) in [5.74, 6) is 1.29. The van der Waals surface area contributed by atoms with Crippen molar-refractivity contribution in [2.45, 2.75) is 38.5 Å². The van der Waals surface area contributed by atoms with Crippen LogP contribution >= 0.6 is 11.8 Å². The quantitative estimate of drug-likeness (QED) is 0.850. The second-order valence-corrected chi connectivity index (χ2v) is 7.06. The summed E-state index contributed by atoms with van der Waals surface area (Å²) in [6.45, 7) is 5.92. The first-order valence-corrected chi connectivity index (χ1v) is 8.48. The fourth-order valence-electron chi connectivity index (χ4n) is 3.41. The minimum Gasteiger partial charge on any atom is -0.364 e. The molecule has 0 radical (unpaired) electrons. The molecule has 0 aromatic rings. The average molecular weight is 267 g/mol. The van der Waals surface area contributed by atoms with Crippen molar-refractivity contribution in [3.63, 3.8) is 0 Å². The largest absolute Gasteiger partial charge is 0.364 e. The molecule has 1 aliphatic carbocycles. The summed E-state index contributed by atoms with van der Waals surface area (Å²) in [6, 6.07) is 0. The Morgan fingerprint density at radius 3 is 2.61 bits per heavy atom. The van der Waals surface area contributed by atoms with Gasteiger partial charge in [0.05, 0.1) is 0 Å². The van der Waals surface area contributed by atoms with Crippen LogP contribution in [0.5, 0.6) is 0 Å². The average Bonchev–Trinajstić information content (AvgIpc) is 3.04. The smallest absolute Gasteiger partial charge is 0.156 e. The molecule has 1 N–H and O–H groups in total. The molecule has 4 heteroatoms. The van der Waals surface area contributed by atoms with E-state index in [0.717, 1.165) is 13.1 Å². The molecule has 0 bridgehead atoms. The van der Waals surface area contributed by atoms with Crippen LogP contribution in [0.4, 0.5) is 0 Å². The van der Waals surface area contributed by atoms with Gasteiger partial charge in [0, 0.05) is 25.4 Å². The van der Waals surface area contributed by atoms with Gasteiger partial charge in [-0.25, -0.2) is 0 Å². The summed E-state index contributed by atoms with van der Waals surface area (Å²) in [6.07, 6.45) is 8.44. The van der Waals surface area contributed by atoms with Crippen molar-refractivity contribution < 1.29 is 0 Å². The van der Waals surface area contributed by atoms with Crippen molar-refractivity contribution in [3.05, 3.63) is 0 Å². The van der Waals surface area contributed by atoms with Crippen molar-refractivity contribution >= 4 is 16.9 Å². The molecule has 1 spiro atoms. The van der Waals surface area contributed by atoms with Crippen molar-refractivity contribution in [1.29, 1.82) is 0 Å². The maximum Gasteiger partial charge on any atom is 0.156 e. The third kappa shape index (κ3) is 3.02. The molecule has 0 amide bonds. The van der Waals surface area contributed by atoms with Gasteiger partial charge in [-0.2, -0.15) is 0 Å². The molecule has 0 unspecified atom stereocenters. The maximum absolute atomic E-state index is 4.78. The molecule has 2 aliphatic heterocycles. The van der Waals surface area contributed by atoms with Crippen LogP contribution < -0.4 is 5.32 Å². The molecular formula is C14H25N3S. The van der Waals surface area contributed by atoms with Gasteiger partial charge in [0.25, 0.3) is 0 Å². The third-order valence-electron chi connectivity index (χ3n) is 4.64. The van der Waals surface area contributed by atoms with Crippen molar-refractivity contribution in [2.24, 2.45) is 10.4 Å². The Hall–Kier alpha value is -0.220. The van der Waals surface area contributed by atoms with Gasteiger partial charge in [0.15, 0.2) is 5.17 Å². The molecule has 1 saturated heterocycles. The fourth-order valence-corrected chi connectivity index (χ4v) is 4.60. The number of aliphatic imine (C=N–C) groups is 1. The predicted octanol–water partition coefficient (Wildman–Crippen LogP) is 2.33. The fraction of sp³-hybridized carbons (Fsp3) is 0.929. The summed E-state index contributed by atoms with van der Waals surface area (Å²) in [7, 11) is 0. The summed E-state index contributed by atoms with van der Waals surface area (Å²) >= 11 is 1.96. The van der Waals surface area contributed by atoms with Gasteiger partial charge >= 0.3 is 0 Å². The minimum absolute atomic E-state index is 0.574. The Morgan fingerprint density at radius 1 is 1.17 bits per heavy atom. The molecule has 102 valence electrons. The van der Waals surface area contributed by atoms with Crippen molar-refractivity contribution in [1.82, 2.24) is 10.2 Å². The van der Waals surface area contributed by atoms with Crippen LogP contribution in [0.15, 0.2) is 4.99 Å². The Labute approximate surface area is 115 Å². The number of nitrogens with zero attached hydrogens (tertiary/aromatic N) is 2. The Morgan fingerprint density at radius 2 is 1.94 bits per heavy atom. The number of likely N-dealkylation sites (tertiary alicyclic amines) is 1. The highest BCUT2D eigenvalue weighted by molar-refractivity contribution is 8.13. The molecule has 0 aromatic heterocycles. The topological polar surface area (TPSA) is 27.6 Å². The zero-order chi connectivity index (χ0) is 12.3. The van der Waals surface area contributed by atoms with Crippen LogP contribution in [-0.2, 0) is 0 Å². The van der Waals surface area contributed by atoms with E-state index in [1.54, 1.807) is 0 Å². The minimum atomic E-state index is 0.574. The number of nitrogens with one attached hydrogen (secondary N) is 1. The van der Waals surface area contributed by atoms with E-state index in [1.165, 1.54) is 69.1 Å². The predicted molar refractivity (Wildman–Crippen MR) is 79.3 cm³/mol. The van der Waals surface area contributed by atoms with Gasteiger partial charge in [0.2, 0.25) is 0 Å². The normalized spacial score (nSPS) is 27.7. The summed E-state index contributed by atoms with van der Waals surface area (Å²) in [5, 5.41) is 4.73. The second-order valence-electron chi connectivity index (χ2n) is 6.09. The Bertz CT molecular complexity index is 304. The molecule has 2 fully saturated rings. The van der Waals surface area contributed by atoms with Gasteiger partial charge in [-0.05, 0) is 44.2 Å². The lowest BCUT2D eigenvalue weighted by Gasteiger charge is -2.31. The number of hydrogen-bond acceptors (Lipinski definition) is 4. The maximum atomic E-state index is 4.78. The van der Waals surface area contributed by atoms with Crippen LogP contribution in [0.1, 0.15) is 38.5 Å². The van der Waals surface area contributed by atoms with Crippen LogP contribution in [0, 0.1) is 5.41 Å². The van der Waals surface area contributed by atoms with Crippen molar-refractivity contribution in [3.8, 4) is 0 Å². The lowest BCUT2D eigenvalue weighted by atomic mass is 9.89. The molecule has 1 saturated carbocycles. The van der Waals surface area contributed by atoms with E-state index < -0.39 is 0 Å². The third-order valence-corrected chi connectivity index (χ3v) is 5.94. The number of rotatable bonds is 3. The first-order chi connectivity index (χ1) is 8.86. The molecular weight excluding hydrogens is 242 g/mol. The highest BCUT2D eigenvalue weighted by atomic mass is 32.2. The summed E-state index contributed by atoms with van der Waals surface area (Å²) in [5.41, 5.74) is 0.574. The molecule has 0 aromatic carbocycles. The van der Waals surface area contributed by atoms with E-state index in [9.17, 15) is 0 Å². The Balaban J connectivity index is 1.39. The Kier molecular flexibility index (Phi) is 4.14. The molecule has 3 aliphatic rings. The monoisotopic (exact) mass is 267 g/mol. The lowest BCUT2D eigenvalue weighted by molar-refractivity contribution is 0.342. The van der Waals surface area contributed by atoms with Gasteiger partial charge in [0.1, 0.15) is 0 Å². The zero-order valence-corrected chi connectivity index (χ0v) is 12.1. The molecule has 3 rings (SSSR count). The number of amidine groups is 1. The van der Waals surface area contributed by atoms with Crippen molar-refractivity contribution in [2.75, 3.05) is 38.5 Å². The number of thioether (sulfide) groups is 1. The van der Waals surface area contributed by atoms with Crippen LogP contribution in [0.3, 0.4) is 0 Å². The van der Waals surface area contributed by atoms with E-state index in [1.807, 2.05) is 11.8 Å². The van der Waals surface area contributed by atoms with Crippen LogP contribution in [-0.4, -0.2) is 48.5 Å². The molecule has 2 heterocycles. The second kappa shape index (κ2) is 5.83. The summed E-state index contributed by atoms with van der Waals surface area (Å²) in [4.78, 5) is 7.33. The highest BCUT2D eigenvalue weighted by Crippen LogP contribution is 2.43. The lowest BCUT2D eigenvalue weighted by Crippen LogP contribution is -2.36. The first-order valence-electron chi connectivity index (χ1n) is 7.50. The molecule has 3 nitrogen and oxygen atoms in total. The van der Waals surface area contributed by atoms with E-state index in [4.69, 9.17) is 4.99 Å². The molecule has 0 atom stereocenters. The highest BCUT2D eigenvalue weighted by Gasteiger charge is 2.36.